The van der Waals surface area contributed by atoms with Crippen molar-refractivity contribution in [2.45, 2.75) is 6.92 Å². The van der Waals surface area contributed by atoms with Crippen LogP contribution in [0.15, 0.2) is 99.3 Å². The lowest BCUT2D eigenvalue weighted by Crippen LogP contribution is -2.07. The Morgan fingerprint density at radius 2 is 1.44 bits per heavy atom. The summed E-state index contributed by atoms with van der Waals surface area (Å²) >= 11 is 5.93. The molecule has 0 radical (unpaired) electrons. The molecule has 0 saturated heterocycles. The third-order valence-electron chi connectivity index (χ3n) is 4.53. The maximum atomic E-state index is 12.4. The number of hydrogen-bond donors (Lipinski definition) is 1. The molecule has 4 aromatic rings. The molecule has 0 spiro atoms. The average Bonchev–Trinajstić information content (AvgIpc) is 3.19. The Labute approximate surface area is 200 Å². The molecule has 0 bridgehead atoms. The summed E-state index contributed by atoms with van der Waals surface area (Å²) in [4.78, 5) is 12.4. The summed E-state index contributed by atoms with van der Waals surface area (Å²) in [5.74, 6) is -1.08. The molecule has 3 aromatic carbocycles. The van der Waals surface area contributed by atoms with Gasteiger partial charge in [-0.15, -0.1) is 5.11 Å². The summed E-state index contributed by atoms with van der Waals surface area (Å²) < 4.78 is 6.22. The summed E-state index contributed by atoms with van der Waals surface area (Å²) in [6.45, 7) is 1.81. The summed E-state index contributed by atoms with van der Waals surface area (Å²) in [7, 11) is 0. The number of azo groups is 2. The van der Waals surface area contributed by atoms with Crippen molar-refractivity contribution in [1.29, 1.82) is 0 Å². The van der Waals surface area contributed by atoms with Crippen LogP contribution in [0.25, 0.3) is 5.69 Å². The zero-order valence-electron chi connectivity index (χ0n) is 18.0. The molecular formula is C24H19ClN6O3. The minimum Gasteiger partial charge on any atom is -0.492 e. The smallest absolute Gasteiger partial charge is 0.361 e. The molecule has 0 aliphatic rings. The first kappa shape index (κ1) is 22.8. The van der Waals surface area contributed by atoms with E-state index in [0.717, 1.165) is 5.69 Å². The molecule has 0 unspecified atom stereocenters. The molecule has 4 rings (SSSR count). The maximum absolute atomic E-state index is 12.4. The van der Waals surface area contributed by atoms with Gasteiger partial charge in [-0.1, -0.05) is 29.8 Å². The first-order chi connectivity index (χ1) is 16.5. The van der Waals surface area contributed by atoms with Crippen molar-refractivity contribution >= 4 is 40.3 Å². The van der Waals surface area contributed by atoms with Gasteiger partial charge in [-0.25, -0.2) is 4.79 Å². The van der Waals surface area contributed by atoms with E-state index in [1.54, 1.807) is 55.5 Å². The number of rotatable bonds is 7. The zero-order chi connectivity index (χ0) is 23.9. The topological polar surface area (TPSA) is 114 Å². The fourth-order valence-electron chi connectivity index (χ4n) is 2.90. The molecule has 10 heteroatoms. The predicted octanol–water partition coefficient (Wildman–Crippen LogP) is 7.24. The first-order valence-corrected chi connectivity index (χ1v) is 10.7. The van der Waals surface area contributed by atoms with E-state index in [-0.39, 0.29) is 23.9 Å². The SMILES string of the molecule is CCOC(=O)c1nn(-c2ccc(Cl)cc2)c(O)c1/N=N/c1ccc(/N=N/c2ccccc2)cc1. The van der Waals surface area contributed by atoms with Crippen LogP contribution >= 0.6 is 11.6 Å². The minimum absolute atomic E-state index is 0.110. The van der Waals surface area contributed by atoms with Gasteiger partial charge < -0.3 is 9.84 Å². The molecular weight excluding hydrogens is 456 g/mol. The number of ether oxygens (including phenoxy) is 1. The number of carbonyl (C=O) groups is 1. The van der Waals surface area contributed by atoms with Crippen molar-refractivity contribution in [3.63, 3.8) is 0 Å². The number of halogens is 1. The third-order valence-corrected chi connectivity index (χ3v) is 4.78. The van der Waals surface area contributed by atoms with E-state index in [0.29, 0.717) is 22.1 Å². The summed E-state index contributed by atoms with van der Waals surface area (Å²) in [6.07, 6.45) is 0. The van der Waals surface area contributed by atoms with Gasteiger partial charge in [0.05, 0.1) is 29.4 Å². The lowest BCUT2D eigenvalue weighted by molar-refractivity contribution is 0.0520. The van der Waals surface area contributed by atoms with Gasteiger partial charge in [0.1, 0.15) is 0 Å². The standard InChI is InChI=1S/C24H19ClN6O3/c1-2-34-24(33)22-21(23(32)31(30-22)20-14-8-16(25)9-15-20)29-28-19-12-10-18(11-13-19)27-26-17-6-4-3-5-7-17/h3-15,32H,2H2,1H3/b27-26+,29-28+. The minimum atomic E-state index is -0.726. The number of aromatic hydroxyl groups is 1. The van der Waals surface area contributed by atoms with E-state index < -0.39 is 5.97 Å². The van der Waals surface area contributed by atoms with E-state index >= 15 is 0 Å². The van der Waals surface area contributed by atoms with Crippen LogP contribution in [0.1, 0.15) is 17.4 Å². The number of esters is 1. The molecule has 0 atom stereocenters. The monoisotopic (exact) mass is 474 g/mol. The molecule has 0 aliphatic carbocycles. The van der Waals surface area contributed by atoms with E-state index in [2.05, 4.69) is 25.6 Å². The highest BCUT2D eigenvalue weighted by Gasteiger charge is 2.25. The summed E-state index contributed by atoms with van der Waals surface area (Å²) in [6, 6.07) is 22.8. The van der Waals surface area contributed by atoms with Gasteiger partial charge >= 0.3 is 5.97 Å². The highest BCUT2D eigenvalue weighted by atomic mass is 35.5. The summed E-state index contributed by atoms with van der Waals surface area (Å²) in [5, 5.41) is 32.0. The Kier molecular flexibility index (Phi) is 7.04. The van der Waals surface area contributed by atoms with Crippen LogP contribution in [0.2, 0.25) is 5.02 Å². The lowest BCUT2D eigenvalue weighted by atomic mass is 10.3. The van der Waals surface area contributed by atoms with Crippen LogP contribution in [0.5, 0.6) is 5.88 Å². The Morgan fingerprint density at radius 3 is 2.03 bits per heavy atom. The molecule has 34 heavy (non-hydrogen) atoms. The van der Waals surface area contributed by atoms with Crippen molar-refractivity contribution in [2.75, 3.05) is 6.61 Å². The number of benzene rings is 3. The van der Waals surface area contributed by atoms with E-state index in [1.807, 2.05) is 30.3 Å². The number of carbonyl (C=O) groups excluding carboxylic acids is 1. The van der Waals surface area contributed by atoms with Gasteiger partial charge in [-0.3, -0.25) is 0 Å². The van der Waals surface area contributed by atoms with Crippen molar-refractivity contribution in [3.05, 3.63) is 89.6 Å². The van der Waals surface area contributed by atoms with E-state index in [1.165, 1.54) is 4.68 Å². The molecule has 0 fully saturated rings. The highest BCUT2D eigenvalue weighted by molar-refractivity contribution is 6.30. The van der Waals surface area contributed by atoms with Crippen LogP contribution in [0.4, 0.5) is 22.7 Å². The Bertz CT molecular complexity index is 1330. The molecule has 1 N–H and O–H groups in total. The van der Waals surface area contributed by atoms with Gasteiger partial charge in [-0.2, -0.15) is 25.1 Å². The quantitative estimate of drug-likeness (QED) is 0.224. The van der Waals surface area contributed by atoms with Gasteiger partial charge in [0.25, 0.3) is 0 Å². The second-order valence-corrected chi connectivity index (χ2v) is 7.32. The van der Waals surface area contributed by atoms with Crippen LogP contribution in [0.3, 0.4) is 0 Å². The molecule has 1 heterocycles. The third kappa shape index (κ3) is 5.33. The van der Waals surface area contributed by atoms with Gasteiger partial charge in [0.2, 0.25) is 11.6 Å². The Balaban J connectivity index is 1.60. The molecule has 9 nitrogen and oxygen atoms in total. The van der Waals surface area contributed by atoms with E-state index in [9.17, 15) is 9.90 Å². The molecule has 170 valence electrons. The van der Waals surface area contributed by atoms with Gasteiger partial charge in [0, 0.05) is 5.02 Å². The van der Waals surface area contributed by atoms with Crippen LogP contribution in [0, 0.1) is 0 Å². The van der Waals surface area contributed by atoms with Crippen molar-refractivity contribution in [2.24, 2.45) is 20.5 Å². The number of aromatic nitrogens is 2. The second kappa shape index (κ2) is 10.5. The second-order valence-electron chi connectivity index (χ2n) is 6.88. The highest BCUT2D eigenvalue weighted by Crippen LogP contribution is 2.35. The Hall–Kier alpha value is -4.37. The van der Waals surface area contributed by atoms with Crippen molar-refractivity contribution < 1.29 is 14.6 Å². The predicted molar refractivity (Wildman–Crippen MR) is 127 cm³/mol. The van der Waals surface area contributed by atoms with Crippen LogP contribution in [-0.2, 0) is 4.74 Å². The van der Waals surface area contributed by atoms with Crippen LogP contribution < -0.4 is 0 Å². The fourth-order valence-corrected chi connectivity index (χ4v) is 3.02. The first-order valence-electron chi connectivity index (χ1n) is 10.3. The molecule has 1 aromatic heterocycles. The van der Waals surface area contributed by atoms with Crippen molar-refractivity contribution in [3.8, 4) is 11.6 Å². The van der Waals surface area contributed by atoms with Gasteiger partial charge in [-0.05, 0) is 67.6 Å². The normalized spacial score (nSPS) is 11.4. The fraction of sp³-hybridized carbons (Fsp3) is 0.0833. The maximum Gasteiger partial charge on any atom is 0.361 e. The van der Waals surface area contributed by atoms with Crippen molar-refractivity contribution in [1.82, 2.24) is 9.78 Å². The lowest BCUT2D eigenvalue weighted by Gasteiger charge is -2.02. The molecule has 0 saturated carbocycles. The molecule has 0 aliphatic heterocycles. The zero-order valence-corrected chi connectivity index (χ0v) is 18.8. The van der Waals surface area contributed by atoms with Gasteiger partial charge in [0.15, 0.2) is 5.69 Å². The molecule has 0 amide bonds. The largest absolute Gasteiger partial charge is 0.492 e. The Morgan fingerprint density at radius 1 is 0.882 bits per heavy atom. The number of hydrogen-bond acceptors (Lipinski definition) is 8. The average molecular weight is 475 g/mol. The van der Waals surface area contributed by atoms with E-state index in [4.69, 9.17) is 16.3 Å². The number of nitrogens with zero attached hydrogens (tertiary/aromatic N) is 6. The van der Waals surface area contributed by atoms with Crippen LogP contribution in [-0.4, -0.2) is 27.5 Å². The summed E-state index contributed by atoms with van der Waals surface area (Å²) in [5.41, 5.74) is 2.07.